The molecule has 1 saturated heterocycles. The van der Waals surface area contributed by atoms with Gasteiger partial charge in [-0.3, -0.25) is 0 Å². The lowest BCUT2D eigenvalue weighted by Gasteiger charge is -2.31. The summed E-state index contributed by atoms with van der Waals surface area (Å²) >= 11 is 1.44. The molecule has 4 rings (SSSR count). The normalized spacial score (nSPS) is 15.7. The summed E-state index contributed by atoms with van der Waals surface area (Å²) in [4.78, 5) is 6.01. The molecule has 170 valence electrons. The number of halogens is 3. The topological polar surface area (TPSA) is 59.5 Å². The molecule has 1 aliphatic rings. The van der Waals surface area contributed by atoms with Gasteiger partial charge >= 0.3 is 6.18 Å². The molecule has 2 heterocycles. The molecule has 5 nitrogen and oxygen atoms in total. The Morgan fingerprint density at radius 2 is 1.72 bits per heavy atom. The van der Waals surface area contributed by atoms with E-state index in [0.717, 1.165) is 28.5 Å². The van der Waals surface area contributed by atoms with Crippen molar-refractivity contribution in [3.63, 3.8) is 0 Å². The van der Waals surface area contributed by atoms with Gasteiger partial charge in [-0.25, -0.2) is 13.4 Å². The second kappa shape index (κ2) is 8.74. The first-order chi connectivity index (χ1) is 15.2. The van der Waals surface area contributed by atoms with Crippen LogP contribution in [0.3, 0.4) is 0 Å². The van der Waals surface area contributed by atoms with Gasteiger partial charge in [0.05, 0.1) is 28.5 Å². The molecule has 32 heavy (non-hydrogen) atoms. The van der Waals surface area contributed by atoms with Crippen LogP contribution in [0.4, 0.5) is 18.3 Å². The summed E-state index contributed by atoms with van der Waals surface area (Å²) in [5.74, 6) is 0.706. The van der Waals surface area contributed by atoms with Crippen LogP contribution in [0.25, 0.3) is 11.3 Å². The molecule has 1 aliphatic heterocycles. The van der Waals surface area contributed by atoms with Crippen LogP contribution in [0.2, 0.25) is 0 Å². The highest BCUT2D eigenvalue weighted by Crippen LogP contribution is 2.38. The fraction of sp³-hybridized carbons (Fsp3) is 0.318. The van der Waals surface area contributed by atoms with Crippen molar-refractivity contribution in [2.24, 2.45) is 0 Å². The van der Waals surface area contributed by atoms with E-state index in [9.17, 15) is 21.6 Å². The number of thiazole rings is 1. The third-order valence-electron chi connectivity index (χ3n) is 5.53. The quantitative estimate of drug-likeness (QED) is 0.495. The van der Waals surface area contributed by atoms with Gasteiger partial charge in [-0.05, 0) is 37.1 Å². The van der Waals surface area contributed by atoms with Crippen molar-refractivity contribution >= 4 is 26.3 Å². The number of aromatic nitrogens is 1. The number of para-hydroxylation sites is 1. The highest BCUT2D eigenvalue weighted by Gasteiger charge is 2.40. The lowest BCUT2D eigenvalue weighted by atomic mass is 10.1. The zero-order chi connectivity index (χ0) is 22.9. The summed E-state index contributed by atoms with van der Waals surface area (Å²) in [5, 5.41) is 1.80. The zero-order valence-electron chi connectivity index (χ0n) is 17.2. The van der Waals surface area contributed by atoms with Crippen molar-refractivity contribution in [3.05, 3.63) is 59.5 Å². The van der Waals surface area contributed by atoms with Gasteiger partial charge in [0.2, 0.25) is 0 Å². The minimum absolute atomic E-state index is 0.234. The fourth-order valence-electron chi connectivity index (χ4n) is 3.88. The number of ether oxygens (including phenoxy) is 1. The molecule has 0 N–H and O–H groups in total. The monoisotopic (exact) mass is 482 g/mol. The summed E-state index contributed by atoms with van der Waals surface area (Å²) in [7, 11) is -2.52. The van der Waals surface area contributed by atoms with Gasteiger partial charge in [-0.2, -0.15) is 13.2 Å². The number of anilines is 1. The molecule has 0 amide bonds. The summed E-state index contributed by atoms with van der Waals surface area (Å²) in [6.45, 7) is 0.800. The number of hydrogen-bond donors (Lipinski definition) is 0. The molecular weight excluding hydrogens is 461 g/mol. The standard InChI is InChI=1S/C22H21F3N2O3S2/c1-30-19-8-4-2-6-16(19)18-14-31-21(26-18)27-12-10-15(11-13-27)32(28,29)20-9-5-3-7-17(20)22(23,24)25/h2-9,14-15H,10-13H2,1H3. The SMILES string of the molecule is COc1ccccc1-c1csc(N2CCC(S(=O)(=O)c3ccccc3C(F)(F)F)CC2)n1. The Morgan fingerprint density at radius 1 is 1.06 bits per heavy atom. The van der Waals surface area contributed by atoms with E-state index in [1.165, 1.54) is 23.5 Å². The lowest BCUT2D eigenvalue weighted by molar-refractivity contribution is -0.139. The van der Waals surface area contributed by atoms with Crippen molar-refractivity contribution in [3.8, 4) is 17.0 Å². The Bertz CT molecular complexity index is 1200. The maximum Gasteiger partial charge on any atom is 0.417 e. The molecule has 0 atom stereocenters. The Kier molecular flexibility index (Phi) is 6.17. The number of piperidine rings is 1. The molecule has 0 radical (unpaired) electrons. The van der Waals surface area contributed by atoms with Crippen LogP contribution in [0.15, 0.2) is 58.8 Å². The van der Waals surface area contributed by atoms with Crippen LogP contribution in [0.1, 0.15) is 18.4 Å². The summed E-state index contributed by atoms with van der Waals surface area (Å²) in [5.41, 5.74) is 0.513. The van der Waals surface area contributed by atoms with Gasteiger partial charge < -0.3 is 9.64 Å². The number of hydrogen-bond acceptors (Lipinski definition) is 6. The van der Waals surface area contributed by atoms with Gasteiger partial charge in [0.15, 0.2) is 15.0 Å². The van der Waals surface area contributed by atoms with Gasteiger partial charge in [0.1, 0.15) is 5.75 Å². The molecule has 2 aromatic carbocycles. The van der Waals surface area contributed by atoms with Crippen LogP contribution in [-0.2, 0) is 16.0 Å². The zero-order valence-corrected chi connectivity index (χ0v) is 18.8. The van der Waals surface area contributed by atoms with E-state index in [-0.39, 0.29) is 12.8 Å². The number of nitrogens with zero attached hydrogens (tertiary/aromatic N) is 2. The summed E-state index contributed by atoms with van der Waals surface area (Å²) < 4.78 is 71.4. The number of alkyl halides is 3. The van der Waals surface area contributed by atoms with Crippen LogP contribution < -0.4 is 9.64 Å². The maximum absolute atomic E-state index is 13.3. The third kappa shape index (κ3) is 4.33. The molecule has 0 bridgehead atoms. The molecule has 1 fully saturated rings. The lowest BCUT2D eigenvalue weighted by Crippen LogP contribution is -2.39. The smallest absolute Gasteiger partial charge is 0.417 e. The van der Waals surface area contributed by atoms with Crippen LogP contribution in [-0.4, -0.2) is 38.9 Å². The van der Waals surface area contributed by atoms with E-state index in [2.05, 4.69) is 4.98 Å². The molecule has 0 spiro atoms. The van der Waals surface area contributed by atoms with Crippen molar-refractivity contribution in [2.45, 2.75) is 29.2 Å². The molecule has 0 saturated carbocycles. The van der Waals surface area contributed by atoms with Crippen LogP contribution >= 0.6 is 11.3 Å². The van der Waals surface area contributed by atoms with E-state index < -0.39 is 31.7 Å². The van der Waals surface area contributed by atoms with E-state index in [4.69, 9.17) is 4.74 Å². The van der Waals surface area contributed by atoms with E-state index in [1.54, 1.807) is 7.11 Å². The van der Waals surface area contributed by atoms with Gasteiger partial charge in [-0.15, -0.1) is 11.3 Å². The summed E-state index contributed by atoms with van der Waals surface area (Å²) in [6, 6.07) is 11.9. The maximum atomic E-state index is 13.3. The Labute approximate surface area is 188 Å². The predicted molar refractivity (Wildman–Crippen MR) is 118 cm³/mol. The first-order valence-electron chi connectivity index (χ1n) is 9.96. The Morgan fingerprint density at radius 3 is 2.41 bits per heavy atom. The highest BCUT2D eigenvalue weighted by molar-refractivity contribution is 7.92. The van der Waals surface area contributed by atoms with Crippen molar-refractivity contribution in [1.82, 2.24) is 4.98 Å². The second-order valence-corrected chi connectivity index (χ2v) is 10.5. The molecular formula is C22H21F3N2O3S2. The average molecular weight is 483 g/mol. The van der Waals surface area contributed by atoms with Crippen LogP contribution in [0, 0.1) is 0 Å². The largest absolute Gasteiger partial charge is 0.496 e. The Hall–Kier alpha value is -2.59. The second-order valence-electron chi connectivity index (χ2n) is 7.44. The molecule has 1 aromatic heterocycles. The van der Waals surface area contributed by atoms with Gasteiger partial charge in [0, 0.05) is 24.0 Å². The predicted octanol–water partition coefficient (Wildman–Crippen LogP) is 5.28. The number of benzene rings is 2. The number of sulfone groups is 1. The molecule has 3 aromatic rings. The van der Waals surface area contributed by atoms with E-state index in [0.29, 0.717) is 18.8 Å². The third-order valence-corrected chi connectivity index (χ3v) is 8.74. The average Bonchev–Trinajstić information content (AvgIpc) is 3.29. The highest BCUT2D eigenvalue weighted by atomic mass is 32.2. The minimum Gasteiger partial charge on any atom is -0.496 e. The molecule has 0 aliphatic carbocycles. The minimum atomic E-state index is -4.72. The first-order valence-corrected chi connectivity index (χ1v) is 12.4. The molecule has 10 heteroatoms. The van der Waals surface area contributed by atoms with Crippen molar-refractivity contribution < 1.29 is 26.3 Å². The van der Waals surface area contributed by atoms with Crippen molar-refractivity contribution in [2.75, 3.05) is 25.1 Å². The van der Waals surface area contributed by atoms with E-state index >= 15 is 0 Å². The summed E-state index contributed by atoms with van der Waals surface area (Å²) in [6.07, 6.45) is -4.25. The van der Waals surface area contributed by atoms with Crippen molar-refractivity contribution in [1.29, 1.82) is 0 Å². The molecule has 0 unspecified atom stereocenters. The van der Waals surface area contributed by atoms with Crippen LogP contribution in [0.5, 0.6) is 5.75 Å². The number of rotatable bonds is 5. The van der Waals surface area contributed by atoms with Gasteiger partial charge in [-0.1, -0.05) is 24.3 Å². The Balaban J connectivity index is 1.50. The number of methoxy groups -OCH3 is 1. The fourth-order valence-corrected chi connectivity index (χ4v) is 6.70. The first kappa shape index (κ1) is 22.6. The van der Waals surface area contributed by atoms with E-state index in [1.807, 2.05) is 34.5 Å². The van der Waals surface area contributed by atoms with Gasteiger partial charge in [0.25, 0.3) is 0 Å².